The van der Waals surface area contributed by atoms with E-state index in [4.69, 9.17) is 14.6 Å². The maximum atomic E-state index is 12.2. The molecular weight excluding hydrogens is 310 g/mol. The van der Waals surface area contributed by atoms with Gasteiger partial charge in [-0.3, -0.25) is 9.59 Å². The number of ether oxygens (including phenoxy) is 2. The van der Waals surface area contributed by atoms with E-state index in [0.29, 0.717) is 45.4 Å². The maximum absolute atomic E-state index is 12.2. The van der Waals surface area contributed by atoms with Crippen LogP contribution in [0.2, 0.25) is 0 Å². The normalized spacial score (nSPS) is 22.7. The molecule has 1 aromatic carbocycles. The number of nitrogens with one attached hydrogen (secondary N) is 1. The van der Waals surface area contributed by atoms with E-state index in [9.17, 15) is 9.59 Å². The third kappa shape index (κ3) is 3.99. The van der Waals surface area contributed by atoms with Crippen LogP contribution in [-0.4, -0.2) is 36.7 Å². The van der Waals surface area contributed by atoms with Gasteiger partial charge in [-0.2, -0.15) is 0 Å². The van der Waals surface area contributed by atoms with Gasteiger partial charge >= 0.3 is 5.97 Å². The van der Waals surface area contributed by atoms with E-state index >= 15 is 0 Å². The topological polar surface area (TPSA) is 84.9 Å². The van der Waals surface area contributed by atoms with Crippen LogP contribution >= 0.6 is 0 Å². The molecule has 1 saturated carbocycles. The molecule has 2 aliphatic rings. The molecule has 1 heterocycles. The molecule has 130 valence electrons. The summed E-state index contributed by atoms with van der Waals surface area (Å²) in [6, 6.07) is 5.84. The van der Waals surface area contributed by atoms with Crippen LogP contribution in [0.5, 0.6) is 11.5 Å². The molecule has 1 fully saturated rings. The van der Waals surface area contributed by atoms with Gasteiger partial charge in [0, 0.05) is 12.5 Å². The molecule has 3 rings (SSSR count). The number of hydrogen-bond donors (Lipinski definition) is 2. The summed E-state index contributed by atoms with van der Waals surface area (Å²) in [6.07, 6.45) is 3.23. The van der Waals surface area contributed by atoms with Crippen molar-refractivity contribution in [1.82, 2.24) is 5.32 Å². The molecule has 24 heavy (non-hydrogen) atoms. The number of rotatable bonds is 5. The molecule has 0 unspecified atom stereocenters. The highest BCUT2D eigenvalue weighted by Gasteiger charge is 2.29. The fourth-order valence-corrected chi connectivity index (χ4v) is 3.32. The summed E-state index contributed by atoms with van der Waals surface area (Å²) >= 11 is 0. The van der Waals surface area contributed by atoms with Gasteiger partial charge in [-0.1, -0.05) is 6.07 Å². The lowest BCUT2D eigenvalue weighted by Gasteiger charge is -2.25. The molecule has 1 aromatic rings. The number of carbonyl (C=O) groups is 2. The number of carboxylic acids is 1. The van der Waals surface area contributed by atoms with Crippen molar-refractivity contribution in [2.45, 2.75) is 32.1 Å². The van der Waals surface area contributed by atoms with E-state index in [-0.39, 0.29) is 17.7 Å². The minimum atomic E-state index is -0.743. The first-order chi connectivity index (χ1) is 11.6. The predicted octanol–water partition coefficient (Wildman–Crippen LogP) is 2.01. The summed E-state index contributed by atoms with van der Waals surface area (Å²) in [5.74, 6) is 0.484. The molecule has 0 radical (unpaired) electrons. The Morgan fingerprint density at radius 3 is 2.42 bits per heavy atom. The smallest absolute Gasteiger partial charge is 0.306 e. The van der Waals surface area contributed by atoms with Crippen LogP contribution in [0.4, 0.5) is 0 Å². The Hall–Kier alpha value is -2.24. The summed E-state index contributed by atoms with van der Waals surface area (Å²) in [4.78, 5) is 23.1. The number of carbonyl (C=O) groups excluding carboxylic acids is 1. The molecule has 6 heteroatoms. The SMILES string of the molecule is O=C(O)C1CCC(C(=O)NCCc2ccc3c(c2)OCCO3)CC1. The number of hydrogen-bond acceptors (Lipinski definition) is 4. The third-order valence-corrected chi connectivity index (χ3v) is 4.77. The third-order valence-electron chi connectivity index (χ3n) is 4.77. The predicted molar refractivity (Wildman–Crippen MR) is 87.2 cm³/mol. The monoisotopic (exact) mass is 333 g/mol. The van der Waals surface area contributed by atoms with Gasteiger partial charge in [-0.05, 0) is 49.8 Å². The molecular formula is C18H23NO5. The Morgan fingerprint density at radius 1 is 1.04 bits per heavy atom. The zero-order valence-electron chi connectivity index (χ0n) is 13.6. The van der Waals surface area contributed by atoms with Crippen LogP contribution in [0.1, 0.15) is 31.2 Å². The first-order valence-corrected chi connectivity index (χ1v) is 8.52. The van der Waals surface area contributed by atoms with Gasteiger partial charge in [-0.15, -0.1) is 0 Å². The second-order valence-corrected chi connectivity index (χ2v) is 6.41. The average molecular weight is 333 g/mol. The number of carboxylic acid groups (broad SMARTS) is 1. The summed E-state index contributed by atoms with van der Waals surface area (Å²) in [5.41, 5.74) is 1.09. The maximum Gasteiger partial charge on any atom is 0.306 e. The van der Waals surface area contributed by atoms with E-state index in [1.54, 1.807) is 0 Å². The van der Waals surface area contributed by atoms with Crippen LogP contribution in [0.3, 0.4) is 0 Å². The second-order valence-electron chi connectivity index (χ2n) is 6.41. The van der Waals surface area contributed by atoms with Crippen LogP contribution in [0.25, 0.3) is 0 Å². The standard InChI is InChI=1S/C18H23NO5/c20-17(13-2-4-14(5-3-13)18(21)22)19-8-7-12-1-6-15-16(11-12)24-10-9-23-15/h1,6,11,13-14H,2-5,7-10H2,(H,19,20)(H,21,22). The summed E-state index contributed by atoms with van der Waals surface area (Å²) in [6.45, 7) is 1.70. The summed E-state index contributed by atoms with van der Waals surface area (Å²) < 4.78 is 11.0. The van der Waals surface area contributed by atoms with E-state index in [2.05, 4.69) is 5.32 Å². The van der Waals surface area contributed by atoms with Crippen LogP contribution in [-0.2, 0) is 16.0 Å². The quantitative estimate of drug-likeness (QED) is 0.861. The van der Waals surface area contributed by atoms with Gasteiger partial charge in [0.1, 0.15) is 13.2 Å². The van der Waals surface area contributed by atoms with Gasteiger partial charge in [0.25, 0.3) is 0 Å². The van der Waals surface area contributed by atoms with Gasteiger partial charge in [0.2, 0.25) is 5.91 Å². The molecule has 0 aromatic heterocycles. The molecule has 1 aliphatic heterocycles. The number of benzene rings is 1. The molecule has 0 bridgehead atoms. The van der Waals surface area contributed by atoms with Crippen molar-refractivity contribution in [3.05, 3.63) is 23.8 Å². The highest BCUT2D eigenvalue weighted by atomic mass is 16.6. The number of aliphatic carboxylic acids is 1. The van der Waals surface area contributed by atoms with Gasteiger partial charge < -0.3 is 19.9 Å². The van der Waals surface area contributed by atoms with Crippen molar-refractivity contribution >= 4 is 11.9 Å². The number of amides is 1. The van der Waals surface area contributed by atoms with Crippen LogP contribution in [0.15, 0.2) is 18.2 Å². The van der Waals surface area contributed by atoms with Crippen molar-refractivity contribution in [1.29, 1.82) is 0 Å². The summed E-state index contributed by atoms with van der Waals surface area (Å²) in [5, 5.41) is 12.0. The van der Waals surface area contributed by atoms with E-state index in [1.807, 2.05) is 18.2 Å². The molecule has 1 amide bonds. The average Bonchev–Trinajstić information content (AvgIpc) is 2.61. The van der Waals surface area contributed by atoms with Gasteiger partial charge in [0.05, 0.1) is 5.92 Å². The number of fused-ring (bicyclic) bond motifs is 1. The molecule has 0 spiro atoms. The Balaban J connectivity index is 1.43. The zero-order valence-corrected chi connectivity index (χ0v) is 13.6. The Morgan fingerprint density at radius 2 is 1.71 bits per heavy atom. The molecule has 1 aliphatic carbocycles. The fourth-order valence-electron chi connectivity index (χ4n) is 3.32. The zero-order chi connectivity index (χ0) is 16.9. The van der Waals surface area contributed by atoms with E-state index < -0.39 is 5.97 Å². The Bertz CT molecular complexity index is 607. The second kappa shape index (κ2) is 7.55. The van der Waals surface area contributed by atoms with Crippen molar-refractivity contribution in [3.63, 3.8) is 0 Å². The molecule has 6 nitrogen and oxygen atoms in total. The minimum Gasteiger partial charge on any atom is -0.486 e. The lowest BCUT2D eigenvalue weighted by atomic mass is 9.81. The molecule has 0 saturated heterocycles. The summed E-state index contributed by atoms with van der Waals surface area (Å²) in [7, 11) is 0. The van der Waals surface area contributed by atoms with E-state index in [0.717, 1.165) is 23.5 Å². The van der Waals surface area contributed by atoms with Crippen molar-refractivity contribution in [2.24, 2.45) is 11.8 Å². The van der Waals surface area contributed by atoms with Crippen molar-refractivity contribution in [2.75, 3.05) is 19.8 Å². The van der Waals surface area contributed by atoms with E-state index in [1.165, 1.54) is 0 Å². The largest absolute Gasteiger partial charge is 0.486 e. The van der Waals surface area contributed by atoms with Crippen LogP contribution in [0, 0.1) is 11.8 Å². The molecule has 0 atom stereocenters. The van der Waals surface area contributed by atoms with Crippen molar-refractivity contribution < 1.29 is 24.2 Å². The Kier molecular flexibility index (Phi) is 5.23. The lowest BCUT2D eigenvalue weighted by Crippen LogP contribution is -2.35. The molecule has 2 N–H and O–H groups in total. The highest BCUT2D eigenvalue weighted by molar-refractivity contribution is 5.79. The first kappa shape index (κ1) is 16.6. The lowest BCUT2D eigenvalue weighted by molar-refractivity contribution is -0.144. The van der Waals surface area contributed by atoms with Crippen molar-refractivity contribution in [3.8, 4) is 11.5 Å². The van der Waals surface area contributed by atoms with Gasteiger partial charge in [-0.25, -0.2) is 0 Å². The Labute approximate surface area is 141 Å². The first-order valence-electron chi connectivity index (χ1n) is 8.52. The highest BCUT2D eigenvalue weighted by Crippen LogP contribution is 2.31. The minimum absolute atomic E-state index is 0.0383. The van der Waals surface area contributed by atoms with Gasteiger partial charge in [0.15, 0.2) is 11.5 Å². The van der Waals surface area contributed by atoms with Crippen LogP contribution < -0.4 is 14.8 Å². The fraction of sp³-hybridized carbons (Fsp3) is 0.556.